The molecule has 0 aromatic rings. The van der Waals surface area contributed by atoms with E-state index >= 15 is 0 Å². The first kappa shape index (κ1) is 13.6. The van der Waals surface area contributed by atoms with Crippen molar-refractivity contribution in [1.29, 1.82) is 0 Å². The quantitative estimate of drug-likeness (QED) is 0.553. The molecule has 70 valence electrons. The van der Waals surface area contributed by atoms with Crippen molar-refractivity contribution in [3.63, 3.8) is 0 Å². The van der Waals surface area contributed by atoms with Crippen molar-refractivity contribution in [3.8, 4) is 0 Å². The first-order chi connectivity index (χ1) is 4.70. The fourth-order valence-corrected chi connectivity index (χ4v) is 1.46. The summed E-state index contributed by atoms with van der Waals surface area (Å²) >= 11 is 0. The van der Waals surface area contributed by atoms with Gasteiger partial charge >= 0.3 is 0 Å². The summed E-state index contributed by atoms with van der Waals surface area (Å²) in [6, 6.07) is 0. The van der Waals surface area contributed by atoms with E-state index in [-0.39, 0.29) is 7.43 Å². The molecule has 0 aliphatic carbocycles. The standard InChI is InChI=1S/C10H22.CH4/c1-5-7-10(4)8-9(3)6-2;/h9-10H,5-8H2,1-4H3;1H4. The van der Waals surface area contributed by atoms with Gasteiger partial charge in [-0.1, -0.05) is 54.4 Å². The lowest BCUT2D eigenvalue weighted by atomic mass is 9.92. The van der Waals surface area contributed by atoms with Gasteiger partial charge in [-0.3, -0.25) is 0 Å². The monoisotopic (exact) mass is 158 g/mol. The molecule has 0 saturated carbocycles. The maximum absolute atomic E-state index is 2.37. The second-order valence-electron chi connectivity index (χ2n) is 3.64. The van der Waals surface area contributed by atoms with Crippen molar-refractivity contribution < 1.29 is 0 Å². The predicted molar refractivity (Wildman–Crippen MR) is 54.9 cm³/mol. The van der Waals surface area contributed by atoms with Crippen LogP contribution in [0.4, 0.5) is 0 Å². The molecule has 0 N–H and O–H groups in total. The van der Waals surface area contributed by atoms with E-state index in [4.69, 9.17) is 0 Å². The summed E-state index contributed by atoms with van der Waals surface area (Å²) in [5.74, 6) is 1.88. The Morgan fingerprint density at radius 3 is 1.91 bits per heavy atom. The van der Waals surface area contributed by atoms with E-state index in [0.717, 1.165) is 11.8 Å². The number of rotatable bonds is 5. The van der Waals surface area contributed by atoms with Crippen LogP contribution in [0.25, 0.3) is 0 Å². The lowest BCUT2D eigenvalue weighted by molar-refractivity contribution is 0.384. The van der Waals surface area contributed by atoms with Gasteiger partial charge in [0, 0.05) is 0 Å². The highest BCUT2D eigenvalue weighted by molar-refractivity contribution is 4.57. The van der Waals surface area contributed by atoms with Crippen LogP contribution in [0.5, 0.6) is 0 Å². The molecular formula is C11H26. The Hall–Kier alpha value is 0. The van der Waals surface area contributed by atoms with Gasteiger partial charge in [-0.2, -0.15) is 0 Å². The highest BCUT2D eigenvalue weighted by atomic mass is 14.1. The van der Waals surface area contributed by atoms with Gasteiger partial charge in [-0.05, 0) is 18.3 Å². The summed E-state index contributed by atoms with van der Waals surface area (Å²) in [5.41, 5.74) is 0. The van der Waals surface area contributed by atoms with Crippen molar-refractivity contribution in [2.45, 2.75) is 60.8 Å². The molecule has 0 aliphatic heterocycles. The maximum atomic E-state index is 2.37. The molecule has 2 unspecified atom stereocenters. The summed E-state index contributed by atoms with van der Waals surface area (Å²) in [6.45, 7) is 9.28. The molecule has 0 heterocycles. The van der Waals surface area contributed by atoms with Crippen molar-refractivity contribution in [2.75, 3.05) is 0 Å². The normalized spacial score (nSPS) is 15.3. The molecule has 2 atom stereocenters. The smallest absolute Gasteiger partial charge is 0.0440 e. The third kappa shape index (κ3) is 7.90. The van der Waals surface area contributed by atoms with Gasteiger partial charge in [-0.15, -0.1) is 0 Å². The number of hydrogen-bond donors (Lipinski definition) is 0. The van der Waals surface area contributed by atoms with Gasteiger partial charge in [0.05, 0.1) is 0 Å². The zero-order valence-corrected chi connectivity index (χ0v) is 7.98. The Balaban J connectivity index is 0. The van der Waals surface area contributed by atoms with Crippen LogP contribution < -0.4 is 0 Å². The van der Waals surface area contributed by atoms with Gasteiger partial charge in [0.2, 0.25) is 0 Å². The molecule has 0 radical (unpaired) electrons. The fourth-order valence-electron chi connectivity index (χ4n) is 1.46. The Morgan fingerprint density at radius 2 is 1.55 bits per heavy atom. The van der Waals surface area contributed by atoms with Crippen molar-refractivity contribution in [1.82, 2.24) is 0 Å². The van der Waals surface area contributed by atoms with E-state index in [9.17, 15) is 0 Å². The van der Waals surface area contributed by atoms with E-state index < -0.39 is 0 Å². The zero-order chi connectivity index (χ0) is 7.98. The van der Waals surface area contributed by atoms with E-state index in [1.54, 1.807) is 0 Å². The summed E-state index contributed by atoms with van der Waals surface area (Å²) in [4.78, 5) is 0. The molecule has 0 amide bonds. The maximum Gasteiger partial charge on any atom is -0.0440 e. The van der Waals surface area contributed by atoms with Crippen LogP contribution in [0, 0.1) is 11.8 Å². The first-order valence-corrected chi connectivity index (χ1v) is 4.70. The molecule has 0 aromatic heterocycles. The van der Waals surface area contributed by atoms with Gasteiger partial charge in [0.15, 0.2) is 0 Å². The first-order valence-electron chi connectivity index (χ1n) is 4.70. The minimum Gasteiger partial charge on any atom is -0.0776 e. The van der Waals surface area contributed by atoms with E-state index in [1.807, 2.05) is 0 Å². The predicted octanol–water partition coefficient (Wildman–Crippen LogP) is 4.49. The molecule has 11 heavy (non-hydrogen) atoms. The van der Waals surface area contributed by atoms with Crippen LogP contribution in [0.2, 0.25) is 0 Å². The molecule has 0 nitrogen and oxygen atoms in total. The molecule has 0 spiro atoms. The van der Waals surface area contributed by atoms with Gasteiger partial charge in [0.25, 0.3) is 0 Å². The molecule has 0 heteroatoms. The van der Waals surface area contributed by atoms with Gasteiger partial charge in [-0.25, -0.2) is 0 Å². The third-order valence-corrected chi connectivity index (χ3v) is 2.28. The second kappa shape index (κ2) is 8.10. The van der Waals surface area contributed by atoms with E-state index in [2.05, 4.69) is 27.7 Å². The van der Waals surface area contributed by atoms with Crippen LogP contribution in [-0.4, -0.2) is 0 Å². The SMILES string of the molecule is C.CCCC(C)CC(C)CC. The Bertz CT molecular complexity index is 66.4. The van der Waals surface area contributed by atoms with Crippen LogP contribution in [0.15, 0.2) is 0 Å². The second-order valence-corrected chi connectivity index (χ2v) is 3.64. The lowest BCUT2D eigenvalue weighted by Crippen LogP contribution is -2.01. The van der Waals surface area contributed by atoms with Crippen LogP contribution in [-0.2, 0) is 0 Å². The third-order valence-electron chi connectivity index (χ3n) is 2.28. The summed E-state index contributed by atoms with van der Waals surface area (Å²) < 4.78 is 0. The Morgan fingerprint density at radius 1 is 1.00 bits per heavy atom. The molecule has 0 rings (SSSR count). The van der Waals surface area contributed by atoms with E-state index in [1.165, 1.54) is 25.7 Å². The molecule has 0 saturated heterocycles. The zero-order valence-electron chi connectivity index (χ0n) is 7.98. The van der Waals surface area contributed by atoms with Crippen LogP contribution >= 0.6 is 0 Å². The average Bonchev–Trinajstić information content (AvgIpc) is 1.88. The highest BCUT2D eigenvalue weighted by Gasteiger charge is 2.04. The minimum absolute atomic E-state index is 0. The van der Waals surface area contributed by atoms with Crippen molar-refractivity contribution >= 4 is 0 Å². The minimum atomic E-state index is 0. The largest absolute Gasteiger partial charge is 0.0776 e. The van der Waals surface area contributed by atoms with Gasteiger partial charge in [0.1, 0.15) is 0 Å². The highest BCUT2D eigenvalue weighted by Crippen LogP contribution is 2.18. The summed E-state index contributed by atoms with van der Waals surface area (Å²) in [7, 11) is 0. The summed E-state index contributed by atoms with van der Waals surface area (Å²) in [5, 5.41) is 0. The Kier molecular flexibility index (Phi) is 10.0. The van der Waals surface area contributed by atoms with E-state index in [0.29, 0.717) is 0 Å². The van der Waals surface area contributed by atoms with Crippen molar-refractivity contribution in [2.24, 2.45) is 11.8 Å². The fraction of sp³-hybridized carbons (Fsp3) is 1.00. The van der Waals surface area contributed by atoms with Crippen molar-refractivity contribution in [3.05, 3.63) is 0 Å². The molecular weight excluding hydrogens is 132 g/mol. The Labute approximate surface area is 73.4 Å². The molecule has 0 fully saturated rings. The molecule has 0 bridgehead atoms. The average molecular weight is 158 g/mol. The van der Waals surface area contributed by atoms with Crippen LogP contribution in [0.1, 0.15) is 60.8 Å². The molecule has 0 aliphatic rings. The van der Waals surface area contributed by atoms with Gasteiger partial charge < -0.3 is 0 Å². The lowest BCUT2D eigenvalue weighted by Gasteiger charge is -2.14. The number of hydrogen-bond acceptors (Lipinski definition) is 0. The topological polar surface area (TPSA) is 0 Å². The van der Waals surface area contributed by atoms with Crippen LogP contribution in [0.3, 0.4) is 0 Å². The molecule has 0 aromatic carbocycles. The summed E-state index contributed by atoms with van der Waals surface area (Å²) in [6.07, 6.45) is 5.51.